The topological polar surface area (TPSA) is 47.8 Å². The fourth-order valence-corrected chi connectivity index (χ4v) is 3.53. The minimum absolute atomic E-state index is 0.106. The third kappa shape index (κ3) is 3.25. The van der Waals surface area contributed by atoms with Gasteiger partial charge in [0.2, 0.25) is 0 Å². The van der Waals surface area contributed by atoms with Crippen LogP contribution < -0.4 is 0 Å². The van der Waals surface area contributed by atoms with Gasteiger partial charge in [-0.25, -0.2) is 9.67 Å². The zero-order valence-corrected chi connectivity index (χ0v) is 15.4. The lowest BCUT2D eigenvalue weighted by atomic mass is 9.91. The molecule has 0 atom stereocenters. The van der Waals surface area contributed by atoms with Crippen molar-refractivity contribution >= 4 is 5.78 Å². The summed E-state index contributed by atoms with van der Waals surface area (Å²) in [5.41, 5.74) is 6.24. The van der Waals surface area contributed by atoms with Gasteiger partial charge in [0.25, 0.3) is 0 Å². The molecule has 2 aromatic carbocycles. The zero-order valence-electron chi connectivity index (χ0n) is 15.4. The minimum atomic E-state index is 0.106. The summed E-state index contributed by atoms with van der Waals surface area (Å²) in [7, 11) is 0. The summed E-state index contributed by atoms with van der Waals surface area (Å²) < 4.78 is 1.93. The molecule has 0 saturated heterocycles. The van der Waals surface area contributed by atoms with Crippen molar-refractivity contribution in [3.8, 4) is 11.4 Å². The first-order chi connectivity index (χ1) is 11.9. The normalized spacial score (nSPS) is 10.9. The third-order valence-electron chi connectivity index (χ3n) is 4.60. The smallest absolute Gasteiger partial charge is 0.160 e. The first kappa shape index (κ1) is 17.1. The molecule has 1 aromatic heterocycles. The van der Waals surface area contributed by atoms with Crippen LogP contribution in [0, 0.1) is 27.7 Å². The van der Waals surface area contributed by atoms with Gasteiger partial charge in [0.15, 0.2) is 11.6 Å². The Bertz CT molecular complexity index is 940. The summed E-state index contributed by atoms with van der Waals surface area (Å²) in [4.78, 5) is 16.7. The van der Waals surface area contributed by atoms with Crippen molar-refractivity contribution in [3.63, 3.8) is 0 Å². The Morgan fingerprint density at radius 1 is 1.04 bits per heavy atom. The molecule has 3 rings (SSSR count). The third-order valence-corrected chi connectivity index (χ3v) is 4.60. The van der Waals surface area contributed by atoms with E-state index in [9.17, 15) is 4.79 Å². The van der Waals surface area contributed by atoms with E-state index in [4.69, 9.17) is 0 Å². The number of Topliss-reactive ketones (excluding diaryl/α,β-unsaturated/α-hetero) is 1. The monoisotopic (exact) mass is 333 g/mol. The van der Waals surface area contributed by atoms with E-state index in [0.717, 1.165) is 39.5 Å². The molecule has 0 aliphatic rings. The number of benzene rings is 2. The molecule has 3 aromatic rings. The van der Waals surface area contributed by atoms with Crippen molar-refractivity contribution in [3.05, 3.63) is 70.0 Å². The summed E-state index contributed by atoms with van der Waals surface area (Å²) in [6.07, 6.45) is 0. The summed E-state index contributed by atoms with van der Waals surface area (Å²) in [5.74, 6) is 1.70. The van der Waals surface area contributed by atoms with E-state index >= 15 is 0 Å². The van der Waals surface area contributed by atoms with Gasteiger partial charge in [-0.2, -0.15) is 5.10 Å². The number of carbonyl (C=O) groups is 1. The Morgan fingerprint density at radius 2 is 1.72 bits per heavy atom. The number of nitrogens with zero attached hydrogens (tertiary/aromatic N) is 3. The number of rotatable bonds is 4. The van der Waals surface area contributed by atoms with Crippen molar-refractivity contribution in [2.75, 3.05) is 0 Å². The first-order valence-corrected chi connectivity index (χ1v) is 8.46. The average molecular weight is 333 g/mol. The fraction of sp³-hybridized carbons (Fsp3) is 0.286. The molecule has 25 heavy (non-hydrogen) atoms. The van der Waals surface area contributed by atoms with Crippen LogP contribution in [0.3, 0.4) is 0 Å². The lowest BCUT2D eigenvalue weighted by Gasteiger charge is -2.16. The van der Waals surface area contributed by atoms with Gasteiger partial charge in [-0.05, 0) is 56.9 Å². The van der Waals surface area contributed by atoms with Crippen LogP contribution in [0.4, 0.5) is 0 Å². The predicted octanol–water partition coefficient (Wildman–Crippen LogP) is 4.43. The van der Waals surface area contributed by atoms with Gasteiger partial charge in [0, 0.05) is 11.1 Å². The molecule has 128 valence electrons. The van der Waals surface area contributed by atoms with Gasteiger partial charge in [-0.3, -0.25) is 4.79 Å². The average Bonchev–Trinajstić information content (AvgIpc) is 2.92. The second-order valence-corrected chi connectivity index (χ2v) is 6.55. The van der Waals surface area contributed by atoms with Crippen LogP contribution in [0.5, 0.6) is 0 Å². The quantitative estimate of drug-likeness (QED) is 0.664. The molecular weight excluding hydrogens is 310 g/mol. The Morgan fingerprint density at radius 3 is 2.36 bits per heavy atom. The molecule has 0 bridgehead atoms. The number of aryl methyl sites for hydroxylation is 3. The SMILES string of the molecule is CC(=O)c1c(C)cc(C)c(Cn2nc(C)nc2-c2ccccc2)c1C. The lowest BCUT2D eigenvalue weighted by molar-refractivity contribution is 0.101. The fourth-order valence-electron chi connectivity index (χ4n) is 3.53. The van der Waals surface area contributed by atoms with Gasteiger partial charge in [-0.1, -0.05) is 36.4 Å². The molecule has 0 radical (unpaired) electrons. The van der Waals surface area contributed by atoms with Gasteiger partial charge < -0.3 is 0 Å². The van der Waals surface area contributed by atoms with Gasteiger partial charge >= 0.3 is 0 Å². The first-order valence-electron chi connectivity index (χ1n) is 8.46. The van der Waals surface area contributed by atoms with Crippen molar-refractivity contribution in [1.82, 2.24) is 14.8 Å². The number of hydrogen-bond donors (Lipinski definition) is 0. The highest BCUT2D eigenvalue weighted by atomic mass is 16.1. The standard InChI is InChI=1S/C21H23N3O/c1-13-11-14(2)20(16(4)25)15(3)19(13)12-24-21(22-17(5)23-24)18-9-7-6-8-10-18/h6-11H,12H2,1-5H3. The van der Waals surface area contributed by atoms with Crippen molar-refractivity contribution < 1.29 is 4.79 Å². The minimum Gasteiger partial charge on any atom is -0.294 e. The molecular formula is C21H23N3O. The van der Waals surface area contributed by atoms with E-state index < -0.39 is 0 Å². The van der Waals surface area contributed by atoms with Crippen molar-refractivity contribution in [2.24, 2.45) is 0 Å². The highest BCUT2D eigenvalue weighted by molar-refractivity contribution is 5.97. The van der Waals surface area contributed by atoms with E-state index in [1.165, 1.54) is 5.56 Å². The van der Waals surface area contributed by atoms with Gasteiger partial charge in [0.1, 0.15) is 5.82 Å². The van der Waals surface area contributed by atoms with E-state index in [1.54, 1.807) is 6.92 Å². The molecule has 0 amide bonds. The van der Waals surface area contributed by atoms with E-state index in [-0.39, 0.29) is 5.78 Å². The summed E-state index contributed by atoms with van der Waals surface area (Å²) >= 11 is 0. The number of aromatic nitrogens is 3. The summed E-state index contributed by atoms with van der Waals surface area (Å²) in [6.45, 7) is 10.2. The zero-order chi connectivity index (χ0) is 18.1. The second kappa shape index (κ2) is 6.63. The maximum absolute atomic E-state index is 12.1. The van der Waals surface area contributed by atoms with E-state index in [1.807, 2.05) is 55.8 Å². The number of carbonyl (C=O) groups excluding carboxylic acids is 1. The summed E-state index contributed by atoms with van der Waals surface area (Å²) in [6, 6.07) is 12.2. The maximum Gasteiger partial charge on any atom is 0.160 e. The molecule has 0 aliphatic carbocycles. The molecule has 0 spiro atoms. The van der Waals surface area contributed by atoms with E-state index in [0.29, 0.717) is 6.54 Å². The second-order valence-electron chi connectivity index (χ2n) is 6.55. The van der Waals surface area contributed by atoms with Crippen LogP contribution in [-0.4, -0.2) is 20.5 Å². The molecule has 0 fully saturated rings. The van der Waals surface area contributed by atoms with Crippen LogP contribution >= 0.6 is 0 Å². The van der Waals surface area contributed by atoms with Crippen LogP contribution in [0.25, 0.3) is 11.4 Å². The Labute approximate surface area is 148 Å². The van der Waals surface area contributed by atoms with E-state index in [2.05, 4.69) is 23.1 Å². The van der Waals surface area contributed by atoms with Crippen LogP contribution in [0.15, 0.2) is 36.4 Å². The van der Waals surface area contributed by atoms with Crippen LogP contribution in [0.1, 0.15) is 45.4 Å². The van der Waals surface area contributed by atoms with Crippen LogP contribution in [-0.2, 0) is 6.54 Å². The lowest BCUT2D eigenvalue weighted by Crippen LogP contribution is -2.11. The molecule has 1 heterocycles. The highest BCUT2D eigenvalue weighted by Gasteiger charge is 2.17. The number of hydrogen-bond acceptors (Lipinski definition) is 3. The maximum atomic E-state index is 12.1. The Balaban J connectivity index is 2.11. The molecule has 4 nitrogen and oxygen atoms in total. The van der Waals surface area contributed by atoms with Crippen molar-refractivity contribution in [1.29, 1.82) is 0 Å². The van der Waals surface area contributed by atoms with Gasteiger partial charge in [0.05, 0.1) is 6.54 Å². The Hall–Kier alpha value is -2.75. The highest BCUT2D eigenvalue weighted by Crippen LogP contribution is 2.25. The summed E-state index contributed by atoms with van der Waals surface area (Å²) in [5, 5.41) is 4.58. The number of ketones is 1. The predicted molar refractivity (Wildman–Crippen MR) is 100.0 cm³/mol. The largest absolute Gasteiger partial charge is 0.294 e. The molecule has 0 aliphatic heterocycles. The van der Waals surface area contributed by atoms with Crippen molar-refractivity contribution in [2.45, 2.75) is 41.2 Å². The molecule has 0 N–H and O–H groups in total. The van der Waals surface area contributed by atoms with Crippen LogP contribution in [0.2, 0.25) is 0 Å². The molecule has 4 heteroatoms. The molecule has 0 unspecified atom stereocenters. The molecule has 0 saturated carbocycles. The van der Waals surface area contributed by atoms with Gasteiger partial charge in [-0.15, -0.1) is 0 Å². The Kier molecular flexibility index (Phi) is 4.53.